The number of likely N-dealkylation sites (tertiary alicyclic amines) is 1. The Hall–Kier alpha value is -2.29. The number of carbonyl (C=O) groups is 2. The zero-order chi connectivity index (χ0) is 21.7. The van der Waals surface area contributed by atoms with Gasteiger partial charge in [0.05, 0.1) is 18.7 Å². The maximum absolute atomic E-state index is 13.0. The van der Waals surface area contributed by atoms with Crippen LogP contribution >= 0.6 is 0 Å². The molecule has 3 rings (SSSR count). The SMILES string of the molecule is CCOC(=O)C1CCCCN1C(=O)CN1CCN(c2cccc(C(F)(F)F)c2)CC1. The first-order valence-corrected chi connectivity index (χ1v) is 10.4. The topological polar surface area (TPSA) is 53.1 Å². The van der Waals surface area contributed by atoms with Gasteiger partial charge in [-0.3, -0.25) is 9.69 Å². The summed E-state index contributed by atoms with van der Waals surface area (Å²) in [6.45, 7) is 5.00. The van der Waals surface area contributed by atoms with Crippen LogP contribution in [0.25, 0.3) is 0 Å². The molecule has 2 saturated heterocycles. The molecule has 2 heterocycles. The minimum atomic E-state index is -4.37. The number of benzene rings is 1. The molecule has 2 aliphatic rings. The first-order valence-electron chi connectivity index (χ1n) is 10.4. The molecule has 6 nitrogen and oxygen atoms in total. The van der Waals surface area contributed by atoms with E-state index in [-0.39, 0.29) is 25.0 Å². The van der Waals surface area contributed by atoms with E-state index in [1.807, 2.05) is 9.80 Å². The minimum absolute atomic E-state index is 0.0970. The number of amides is 1. The molecular formula is C21H28F3N3O3. The second kappa shape index (κ2) is 9.68. The van der Waals surface area contributed by atoms with E-state index in [4.69, 9.17) is 4.74 Å². The molecule has 1 amide bonds. The van der Waals surface area contributed by atoms with Crippen LogP contribution in [0, 0.1) is 0 Å². The Morgan fingerprint density at radius 1 is 1.10 bits per heavy atom. The number of ether oxygens (including phenoxy) is 1. The van der Waals surface area contributed by atoms with Crippen molar-refractivity contribution in [1.29, 1.82) is 0 Å². The lowest BCUT2D eigenvalue weighted by atomic mass is 10.0. The summed E-state index contributed by atoms with van der Waals surface area (Å²) in [6.07, 6.45) is -1.99. The van der Waals surface area contributed by atoms with Gasteiger partial charge >= 0.3 is 12.1 Å². The summed E-state index contributed by atoms with van der Waals surface area (Å²) in [5.41, 5.74) is -0.123. The van der Waals surface area contributed by atoms with Crippen LogP contribution in [0.4, 0.5) is 18.9 Å². The van der Waals surface area contributed by atoms with Crippen LogP contribution in [-0.4, -0.2) is 73.6 Å². The Kier molecular flexibility index (Phi) is 7.23. The van der Waals surface area contributed by atoms with Gasteiger partial charge in [0.2, 0.25) is 5.91 Å². The first kappa shape index (κ1) is 22.4. The lowest BCUT2D eigenvalue weighted by molar-refractivity contribution is -0.157. The zero-order valence-electron chi connectivity index (χ0n) is 17.2. The van der Waals surface area contributed by atoms with Gasteiger partial charge < -0.3 is 14.5 Å². The fourth-order valence-corrected chi connectivity index (χ4v) is 4.04. The molecule has 1 unspecified atom stereocenters. The molecule has 9 heteroatoms. The van der Waals surface area contributed by atoms with E-state index < -0.39 is 17.8 Å². The molecule has 2 aliphatic heterocycles. The van der Waals surface area contributed by atoms with E-state index in [0.29, 0.717) is 44.8 Å². The number of piperazine rings is 1. The maximum Gasteiger partial charge on any atom is 0.416 e. The highest BCUT2D eigenvalue weighted by atomic mass is 19.4. The molecule has 0 bridgehead atoms. The average Bonchev–Trinajstić information content (AvgIpc) is 2.74. The Morgan fingerprint density at radius 2 is 1.83 bits per heavy atom. The molecule has 0 N–H and O–H groups in total. The molecular weight excluding hydrogens is 399 g/mol. The summed E-state index contributed by atoms with van der Waals surface area (Å²) in [4.78, 5) is 30.5. The van der Waals surface area contributed by atoms with E-state index in [1.54, 1.807) is 17.9 Å². The van der Waals surface area contributed by atoms with Crippen molar-refractivity contribution in [2.45, 2.75) is 38.4 Å². The van der Waals surface area contributed by atoms with Crippen molar-refractivity contribution in [3.8, 4) is 0 Å². The maximum atomic E-state index is 13.0. The molecule has 1 aromatic carbocycles. The summed E-state index contributed by atoms with van der Waals surface area (Å²) >= 11 is 0. The van der Waals surface area contributed by atoms with E-state index >= 15 is 0 Å². The Labute approximate surface area is 174 Å². The van der Waals surface area contributed by atoms with Crippen LogP contribution in [0.1, 0.15) is 31.7 Å². The summed E-state index contributed by atoms with van der Waals surface area (Å²) < 4.78 is 44.0. The molecule has 0 radical (unpaired) electrons. The number of nitrogens with zero attached hydrogens (tertiary/aromatic N) is 3. The second-order valence-electron chi connectivity index (χ2n) is 7.66. The molecule has 0 spiro atoms. The van der Waals surface area contributed by atoms with Gasteiger partial charge in [0.1, 0.15) is 6.04 Å². The quantitative estimate of drug-likeness (QED) is 0.677. The van der Waals surface area contributed by atoms with E-state index in [9.17, 15) is 22.8 Å². The Bertz CT molecular complexity index is 749. The Morgan fingerprint density at radius 3 is 2.50 bits per heavy atom. The third-order valence-corrected chi connectivity index (χ3v) is 5.65. The van der Waals surface area contributed by atoms with Crippen LogP contribution in [-0.2, 0) is 20.5 Å². The number of alkyl halides is 3. The second-order valence-corrected chi connectivity index (χ2v) is 7.66. The summed E-state index contributed by atoms with van der Waals surface area (Å²) in [6, 6.07) is 4.81. The van der Waals surface area contributed by atoms with Crippen LogP contribution < -0.4 is 4.90 Å². The lowest BCUT2D eigenvalue weighted by Crippen LogP contribution is -2.54. The summed E-state index contributed by atoms with van der Waals surface area (Å²) in [5.74, 6) is -0.444. The average molecular weight is 427 g/mol. The monoisotopic (exact) mass is 427 g/mol. The van der Waals surface area contributed by atoms with Gasteiger partial charge in [0, 0.05) is 38.4 Å². The van der Waals surface area contributed by atoms with Gasteiger partial charge in [0.25, 0.3) is 0 Å². The number of piperidine rings is 1. The smallest absolute Gasteiger partial charge is 0.416 e. The number of hydrogen-bond acceptors (Lipinski definition) is 5. The third-order valence-electron chi connectivity index (χ3n) is 5.65. The normalized spacial score (nSPS) is 20.9. The molecule has 2 fully saturated rings. The molecule has 166 valence electrons. The van der Waals surface area contributed by atoms with Crippen LogP contribution in [0.5, 0.6) is 0 Å². The van der Waals surface area contributed by atoms with Gasteiger partial charge in [-0.15, -0.1) is 0 Å². The largest absolute Gasteiger partial charge is 0.464 e. The van der Waals surface area contributed by atoms with Crippen molar-refractivity contribution >= 4 is 17.6 Å². The molecule has 0 aliphatic carbocycles. The highest BCUT2D eigenvalue weighted by Gasteiger charge is 2.34. The van der Waals surface area contributed by atoms with Gasteiger partial charge in [-0.05, 0) is 44.4 Å². The zero-order valence-corrected chi connectivity index (χ0v) is 17.2. The summed E-state index contributed by atoms with van der Waals surface area (Å²) in [7, 11) is 0. The van der Waals surface area contributed by atoms with Crippen molar-refractivity contribution in [3.05, 3.63) is 29.8 Å². The molecule has 0 saturated carbocycles. The number of hydrogen-bond donors (Lipinski definition) is 0. The number of carbonyl (C=O) groups excluding carboxylic acids is 2. The number of halogens is 3. The fraction of sp³-hybridized carbons (Fsp3) is 0.619. The van der Waals surface area contributed by atoms with Gasteiger partial charge in [0.15, 0.2) is 0 Å². The minimum Gasteiger partial charge on any atom is -0.464 e. The third kappa shape index (κ3) is 5.44. The predicted molar refractivity (Wildman–Crippen MR) is 106 cm³/mol. The standard InChI is InChI=1S/C21H28F3N3O3/c1-2-30-20(29)18-8-3-4-9-27(18)19(28)15-25-10-12-26(13-11-25)17-7-5-6-16(14-17)21(22,23)24/h5-7,14,18H,2-4,8-13,15H2,1H3. The number of anilines is 1. The van der Waals surface area contributed by atoms with Crippen molar-refractivity contribution in [2.75, 3.05) is 50.8 Å². The first-order chi connectivity index (χ1) is 14.3. The van der Waals surface area contributed by atoms with Crippen molar-refractivity contribution in [1.82, 2.24) is 9.80 Å². The van der Waals surface area contributed by atoms with Crippen molar-refractivity contribution < 1.29 is 27.5 Å². The Balaban J connectivity index is 1.55. The molecule has 1 aromatic rings. The van der Waals surface area contributed by atoms with Gasteiger partial charge in [-0.25, -0.2) is 4.79 Å². The number of esters is 1. The predicted octanol–water partition coefficient (Wildman–Crippen LogP) is 2.77. The molecule has 0 aromatic heterocycles. The van der Waals surface area contributed by atoms with Crippen LogP contribution in [0.3, 0.4) is 0 Å². The molecule has 30 heavy (non-hydrogen) atoms. The number of rotatable bonds is 5. The van der Waals surface area contributed by atoms with Gasteiger partial charge in [-0.1, -0.05) is 6.07 Å². The van der Waals surface area contributed by atoms with Crippen molar-refractivity contribution in [2.24, 2.45) is 0 Å². The van der Waals surface area contributed by atoms with E-state index in [0.717, 1.165) is 18.9 Å². The van der Waals surface area contributed by atoms with E-state index in [2.05, 4.69) is 0 Å². The highest BCUT2D eigenvalue weighted by Crippen LogP contribution is 2.32. The summed E-state index contributed by atoms with van der Waals surface area (Å²) in [5, 5.41) is 0. The molecule has 1 atom stereocenters. The van der Waals surface area contributed by atoms with Crippen LogP contribution in [0.2, 0.25) is 0 Å². The fourth-order valence-electron chi connectivity index (χ4n) is 4.04. The highest BCUT2D eigenvalue weighted by molar-refractivity contribution is 5.85. The van der Waals surface area contributed by atoms with Crippen LogP contribution in [0.15, 0.2) is 24.3 Å². The lowest BCUT2D eigenvalue weighted by Gasteiger charge is -2.38. The van der Waals surface area contributed by atoms with E-state index in [1.165, 1.54) is 12.1 Å². The van der Waals surface area contributed by atoms with Crippen molar-refractivity contribution in [3.63, 3.8) is 0 Å². The van der Waals surface area contributed by atoms with Gasteiger partial charge in [-0.2, -0.15) is 13.2 Å².